The summed E-state index contributed by atoms with van der Waals surface area (Å²) in [5.41, 5.74) is 17.9. The monoisotopic (exact) mass is 658 g/mol. The number of aromatic nitrogens is 2. The number of hydrogen-bond donors (Lipinski definition) is 0. The summed E-state index contributed by atoms with van der Waals surface area (Å²) in [5, 5.41) is 0. The molecule has 0 N–H and O–H groups in total. The molecule has 3 unspecified atom stereocenters. The van der Waals surface area contributed by atoms with Crippen LogP contribution in [0.2, 0.25) is 0 Å². The molecule has 5 aromatic rings. The third-order valence-electron chi connectivity index (χ3n) is 11.5. The second-order valence-corrected chi connectivity index (χ2v) is 15.6. The van der Waals surface area contributed by atoms with Gasteiger partial charge in [-0.2, -0.15) is 0 Å². The Labute approximate surface area is 302 Å². The van der Waals surface area contributed by atoms with E-state index >= 15 is 0 Å². The van der Waals surface area contributed by atoms with Crippen LogP contribution >= 0.6 is 0 Å². The number of rotatable bonds is 5. The number of pyridine rings is 2. The van der Waals surface area contributed by atoms with Crippen LogP contribution in [-0.2, 0) is 5.41 Å². The predicted octanol–water partition coefficient (Wildman–Crippen LogP) is 12.4. The van der Waals surface area contributed by atoms with E-state index in [2.05, 4.69) is 165 Å². The van der Waals surface area contributed by atoms with Gasteiger partial charge in [0, 0.05) is 41.4 Å². The first-order chi connectivity index (χ1) is 24.8. The zero-order chi connectivity index (χ0) is 34.7. The molecular formula is C49H42N2. The molecule has 248 valence electrons. The van der Waals surface area contributed by atoms with Crippen LogP contribution in [0.4, 0.5) is 0 Å². The van der Waals surface area contributed by atoms with Gasteiger partial charge in [-0.05, 0) is 109 Å². The number of nitrogens with zero attached hydrogens (tertiary/aromatic N) is 2. The standard InChI is InChI=1S/C49H42N2/c1-48(2,3)41-29-39-20-22-42-44(36-14-12-33(13-15-36)32-8-10-34(11-9-32)35-24-27-50-28-25-35)31-45(43-23-21-40(30-41)49(39,4)47(42)43)37-16-18-38(19-17-37)46-7-5-6-26-51-46/h5-10,12-31,34,39H,11H2,1-4H3. The van der Waals surface area contributed by atoms with Crippen molar-refractivity contribution >= 4 is 17.7 Å². The van der Waals surface area contributed by atoms with E-state index in [-0.39, 0.29) is 10.8 Å². The largest absolute Gasteiger partial charge is 0.265 e. The summed E-state index contributed by atoms with van der Waals surface area (Å²) in [6, 6.07) is 31.0. The molecule has 0 aliphatic heterocycles. The van der Waals surface area contributed by atoms with Gasteiger partial charge in [0.1, 0.15) is 0 Å². The third-order valence-corrected chi connectivity index (χ3v) is 11.5. The molecule has 3 atom stereocenters. The van der Waals surface area contributed by atoms with E-state index in [1.165, 1.54) is 66.8 Å². The Morgan fingerprint density at radius 3 is 2.02 bits per heavy atom. The maximum atomic E-state index is 4.60. The lowest BCUT2D eigenvalue weighted by Gasteiger charge is -2.47. The highest BCUT2D eigenvalue weighted by molar-refractivity contribution is 5.94. The molecule has 51 heavy (non-hydrogen) atoms. The highest BCUT2D eigenvalue weighted by atomic mass is 14.7. The molecule has 2 nitrogen and oxygen atoms in total. The molecule has 0 saturated carbocycles. The first-order valence-corrected chi connectivity index (χ1v) is 18.2. The molecule has 0 spiro atoms. The van der Waals surface area contributed by atoms with Crippen molar-refractivity contribution in [2.45, 2.75) is 45.4 Å². The van der Waals surface area contributed by atoms with E-state index in [1.54, 1.807) is 0 Å². The summed E-state index contributed by atoms with van der Waals surface area (Å²) >= 11 is 0. The van der Waals surface area contributed by atoms with Gasteiger partial charge in [0.05, 0.1) is 5.69 Å². The van der Waals surface area contributed by atoms with Crippen LogP contribution < -0.4 is 0 Å². The topological polar surface area (TPSA) is 25.8 Å². The first kappa shape index (κ1) is 31.4. The second-order valence-electron chi connectivity index (χ2n) is 15.6. The summed E-state index contributed by atoms with van der Waals surface area (Å²) in [6.45, 7) is 9.44. The number of benzene rings is 3. The van der Waals surface area contributed by atoms with E-state index in [4.69, 9.17) is 0 Å². The van der Waals surface area contributed by atoms with Crippen LogP contribution in [0.1, 0.15) is 67.9 Å². The quantitative estimate of drug-likeness (QED) is 0.188. The smallest absolute Gasteiger partial charge is 0.0701 e. The normalized spacial score (nSPS) is 21.5. The Bertz CT molecular complexity index is 2340. The van der Waals surface area contributed by atoms with Gasteiger partial charge < -0.3 is 0 Å². The highest BCUT2D eigenvalue weighted by Crippen LogP contribution is 2.57. The van der Waals surface area contributed by atoms with Gasteiger partial charge in [0.15, 0.2) is 0 Å². The number of allylic oxidation sites excluding steroid dienone is 10. The van der Waals surface area contributed by atoms with Gasteiger partial charge in [-0.1, -0.05) is 137 Å². The Morgan fingerprint density at radius 1 is 0.686 bits per heavy atom. The van der Waals surface area contributed by atoms with Crippen LogP contribution in [0, 0.1) is 11.3 Å². The highest BCUT2D eigenvalue weighted by Gasteiger charge is 2.46. The zero-order valence-corrected chi connectivity index (χ0v) is 29.8. The molecule has 4 aliphatic rings. The Kier molecular flexibility index (Phi) is 7.40. The van der Waals surface area contributed by atoms with Crippen LogP contribution in [0.5, 0.6) is 0 Å². The molecule has 0 bridgehead atoms. The minimum absolute atomic E-state index is 0.0869. The van der Waals surface area contributed by atoms with Gasteiger partial charge in [-0.15, -0.1) is 0 Å². The molecule has 0 fully saturated rings. The van der Waals surface area contributed by atoms with Gasteiger partial charge in [0.25, 0.3) is 0 Å². The van der Waals surface area contributed by atoms with E-state index in [1.807, 2.05) is 30.7 Å². The molecule has 2 aromatic heterocycles. The lowest BCUT2D eigenvalue weighted by molar-refractivity contribution is 0.439. The van der Waals surface area contributed by atoms with Crippen LogP contribution in [0.3, 0.4) is 0 Å². The van der Waals surface area contributed by atoms with Crippen molar-refractivity contribution in [2.75, 3.05) is 0 Å². The molecular weight excluding hydrogens is 617 g/mol. The lowest BCUT2D eigenvalue weighted by atomic mass is 9.55. The molecule has 3 aromatic carbocycles. The SMILES string of the molecule is CC(C)(C)C1=CC2C=Cc3c(-c4ccc(C5=CCC(c6ccncc6)C=C5)cc4)cc(-c4ccc(-c5ccccn5)cc4)c4c3C2(C)C(=C1)C=C4. The van der Waals surface area contributed by atoms with Gasteiger partial charge >= 0.3 is 0 Å². The fourth-order valence-corrected chi connectivity index (χ4v) is 8.52. The van der Waals surface area contributed by atoms with Crippen molar-refractivity contribution in [1.82, 2.24) is 9.97 Å². The van der Waals surface area contributed by atoms with Crippen molar-refractivity contribution in [3.8, 4) is 33.5 Å². The first-order valence-electron chi connectivity index (χ1n) is 18.2. The summed E-state index contributed by atoms with van der Waals surface area (Å²) in [7, 11) is 0. The summed E-state index contributed by atoms with van der Waals surface area (Å²) in [6.07, 6.45) is 28.2. The maximum absolute atomic E-state index is 4.60. The van der Waals surface area contributed by atoms with Crippen molar-refractivity contribution in [3.05, 3.63) is 185 Å². The maximum Gasteiger partial charge on any atom is 0.0701 e. The van der Waals surface area contributed by atoms with E-state index < -0.39 is 0 Å². The van der Waals surface area contributed by atoms with Gasteiger partial charge in [0.2, 0.25) is 0 Å². The minimum Gasteiger partial charge on any atom is -0.265 e. The fraction of sp³-hybridized carbons (Fsp3) is 0.184. The van der Waals surface area contributed by atoms with Crippen molar-refractivity contribution in [1.29, 1.82) is 0 Å². The average molecular weight is 659 g/mol. The van der Waals surface area contributed by atoms with Gasteiger partial charge in [-0.3, -0.25) is 9.97 Å². The lowest BCUT2D eigenvalue weighted by Crippen LogP contribution is -2.39. The molecule has 4 aliphatic carbocycles. The molecule has 0 amide bonds. The van der Waals surface area contributed by atoms with Crippen LogP contribution in [0.25, 0.3) is 51.2 Å². The van der Waals surface area contributed by atoms with Crippen LogP contribution in [0.15, 0.2) is 157 Å². The van der Waals surface area contributed by atoms with Crippen molar-refractivity contribution < 1.29 is 0 Å². The molecule has 0 radical (unpaired) electrons. The fourth-order valence-electron chi connectivity index (χ4n) is 8.52. The number of hydrogen-bond acceptors (Lipinski definition) is 2. The predicted molar refractivity (Wildman–Crippen MR) is 214 cm³/mol. The Hall–Kier alpha value is -5.60. The molecule has 9 rings (SSSR count). The average Bonchev–Trinajstić information content (AvgIpc) is 3.17. The Balaban J connectivity index is 1.15. The Morgan fingerprint density at radius 2 is 1.37 bits per heavy atom. The molecule has 0 saturated heterocycles. The van der Waals surface area contributed by atoms with Crippen molar-refractivity contribution in [2.24, 2.45) is 11.3 Å². The van der Waals surface area contributed by atoms with Gasteiger partial charge in [-0.25, -0.2) is 0 Å². The van der Waals surface area contributed by atoms with E-state index in [0.717, 1.165) is 17.7 Å². The summed E-state index contributed by atoms with van der Waals surface area (Å²) < 4.78 is 0. The molecule has 2 heteroatoms. The van der Waals surface area contributed by atoms with Crippen molar-refractivity contribution in [3.63, 3.8) is 0 Å². The van der Waals surface area contributed by atoms with E-state index in [9.17, 15) is 0 Å². The summed E-state index contributed by atoms with van der Waals surface area (Å²) in [4.78, 5) is 8.79. The second kappa shape index (κ2) is 12.0. The summed E-state index contributed by atoms with van der Waals surface area (Å²) in [5.74, 6) is 0.691. The molecule has 2 heterocycles. The van der Waals surface area contributed by atoms with Crippen LogP contribution in [-0.4, -0.2) is 9.97 Å². The van der Waals surface area contributed by atoms with E-state index in [0.29, 0.717) is 11.8 Å². The zero-order valence-electron chi connectivity index (χ0n) is 29.8. The minimum atomic E-state index is -0.148. The third kappa shape index (κ3) is 5.33.